The van der Waals surface area contributed by atoms with Gasteiger partial charge in [0.2, 0.25) is 6.21 Å². The molecule has 1 heterocycles. The van der Waals surface area contributed by atoms with Crippen molar-refractivity contribution >= 4 is 12.1 Å². The summed E-state index contributed by atoms with van der Waals surface area (Å²) < 4.78 is 1.63. The van der Waals surface area contributed by atoms with Crippen LogP contribution in [0.3, 0.4) is 0 Å². The van der Waals surface area contributed by atoms with E-state index in [0.29, 0.717) is 18.5 Å². The van der Waals surface area contributed by atoms with E-state index >= 15 is 0 Å². The molecular formula is C11H9N3O. The maximum atomic E-state index is 10.9. The molecule has 1 aliphatic heterocycles. The number of benzene rings is 1. The molecule has 0 radical (unpaired) electrons. The highest BCUT2D eigenvalue weighted by atomic mass is 16.3. The Balaban J connectivity index is 2.22. The zero-order valence-corrected chi connectivity index (χ0v) is 8.05. The van der Waals surface area contributed by atoms with Gasteiger partial charge in [-0.1, -0.05) is 4.68 Å². The molecule has 0 aliphatic carbocycles. The van der Waals surface area contributed by atoms with Crippen LogP contribution in [0, 0.1) is 11.3 Å². The Morgan fingerprint density at radius 1 is 1.40 bits per heavy atom. The molecule has 4 heteroatoms. The minimum atomic E-state index is -0.0834. The largest absolute Gasteiger partial charge is 0.857 e. The van der Waals surface area contributed by atoms with Gasteiger partial charge in [0.25, 0.3) is 0 Å². The zero-order chi connectivity index (χ0) is 10.7. The van der Waals surface area contributed by atoms with Crippen LogP contribution in [-0.2, 0) is 0 Å². The van der Waals surface area contributed by atoms with Crippen molar-refractivity contribution < 1.29 is 9.79 Å². The lowest BCUT2D eigenvalue weighted by Crippen LogP contribution is -2.13. The van der Waals surface area contributed by atoms with Crippen LogP contribution in [0.5, 0.6) is 0 Å². The van der Waals surface area contributed by atoms with Gasteiger partial charge in [-0.3, -0.25) is 0 Å². The van der Waals surface area contributed by atoms with Gasteiger partial charge in [-0.2, -0.15) is 5.26 Å². The van der Waals surface area contributed by atoms with Crippen molar-refractivity contribution in [2.45, 2.75) is 6.42 Å². The Bertz CT molecular complexity index is 466. The quantitative estimate of drug-likeness (QED) is 0.601. The third-order valence-electron chi connectivity index (χ3n) is 2.13. The second-order valence-corrected chi connectivity index (χ2v) is 3.27. The first kappa shape index (κ1) is 9.41. The van der Waals surface area contributed by atoms with Gasteiger partial charge in [0.1, 0.15) is 0 Å². The third kappa shape index (κ3) is 2.20. The molecule has 0 spiro atoms. The highest BCUT2D eigenvalue weighted by molar-refractivity contribution is 5.77. The fourth-order valence-corrected chi connectivity index (χ4v) is 1.36. The molecule has 15 heavy (non-hydrogen) atoms. The minimum absolute atomic E-state index is 0.0834. The summed E-state index contributed by atoms with van der Waals surface area (Å²) in [6, 6.07) is 9.19. The summed E-state index contributed by atoms with van der Waals surface area (Å²) in [4.78, 5) is 0. The summed E-state index contributed by atoms with van der Waals surface area (Å²) in [5.74, 6) is -0.0834. The zero-order valence-electron chi connectivity index (χ0n) is 8.05. The molecule has 0 unspecified atom stereocenters. The standard InChI is InChI=1S/C11H9N3O/c12-7-9-1-3-10(4-2-9)8-14-6-5-11(15)13-14/h1-4,8H,5-6H2/b14-8-. The third-order valence-corrected chi connectivity index (χ3v) is 2.13. The molecule has 74 valence electrons. The van der Waals surface area contributed by atoms with Crippen molar-refractivity contribution in [3.8, 4) is 6.07 Å². The Kier molecular flexibility index (Phi) is 2.46. The number of hydrogen-bond acceptors (Lipinski definition) is 3. The normalized spacial score (nSPS) is 17.5. The van der Waals surface area contributed by atoms with E-state index in [1.807, 2.05) is 18.2 Å². The van der Waals surface area contributed by atoms with Crippen molar-refractivity contribution in [1.82, 2.24) is 0 Å². The summed E-state index contributed by atoms with van der Waals surface area (Å²) in [6.07, 6.45) is 2.28. The molecule has 2 rings (SSSR count). The van der Waals surface area contributed by atoms with E-state index in [-0.39, 0.29) is 5.90 Å². The summed E-state index contributed by atoms with van der Waals surface area (Å²) in [7, 11) is 0. The number of hydrogen-bond donors (Lipinski definition) is 0. The Labute approximate surface area is 87.4 Å². The van der Waals surface area contributed by atoms with E-state index in [4.69, 9.17) is 5.26 Å². The predicted molar refractivity (Wildman–Crippen MR) is 53.5 cm³/mol. The molecule has 0 aromatic heterocycles. The summed E-state index contributed by atoms with van der Waals surface area (Å²) in [6.45, 7) is 0.638. The highest BCUT2D eigenvalue weighted by Gasteiger charge is 2.10. The lowest BCUT2D eigenvalue weighted by atomic mass is 10.2. The van der Waals surface area contributed by atoms with Crippen LogP contribution < -0.4 is 5.11 Å². The van der Waals surface area contributed by atoms with Gasteiger partial charge in [-0.25, -0.2) is 0 Å². The van der Waals surface area contributed by atoms with Gasteiger partial charge >= 0.3 is 0 Å². The summed E-state index contributed by atoms with van der Waals surface area (Å²) in [5, 5.41) is 23.3. The van der Waals surface area contributed by atoms with Crippen molar-refractivity contribution in [2.75, 3.05) is 6.54 Å². The number of nitrogens with zero attached hydrogens (tertiary/aromatic N) is 3. The van der Waals surface area contributed by atoms with Crippen LogP contribution >= 0.6 is 0 Å². The summed E-state index contributed by atoms with van der Waals surface area (Å²) in [5.41, 5.74) is 1.56. The van der Waals surface area contributed by atoms with Crippen LogP contribution in [0.2, 0.25) is 0 Å². The fourth-order valence-electron chi connectivity index (χ4n) is 1.36. The van der Waals surface area contributed by atoms with Crippen molar-refractivity contribution in [3.63, 3.8) is 0 Å². The monoisotopic (exact) mass is 199 g/mol. The van der Waals surface area contributed by atoms with E-state index in [1.165, 1.54) is 0 Å². The minimum Gasteiger partial charge on any atom is -0.857 e. The molecule has 1 aromatic rings. The molecule has 0 saturated heterocycles. The van der Waals surface area contributed by atoms with Gasteiger partial charge in [0.05, 0.1) is 11.6 Å². The highest BCUT2D eigenvalue weighted by Crippen LogP contribution is 2.02. The SMILES string of the molecule is N#Cc1ccc(/C=[N+]2/CCC([O-])=N2)cc1. The van der Waals surface area contributed by atoms with Crippen LogP contribution in [0.1, 0.15) is 17.5 Å². The average molecular weight is 199 g/mol. The predicted octanol–water partition coefficient (Wildman–Crippen LogP) is 0.0672. The number of rotatable bonds is 1. The molecule has 0 fully saturated rings. The Morgan fingerprint density at radius 3 is 2.67 bits per heavy atom. The van der Waals surface area contributed by atoms with Crippen LogP contribution in [0.25, 0.3) is 0 Å². The molecule has 1 aliphatic rings. The molecule has 0 amide bonds. The van der Waals surface area contributed by atoms with Crippen LogP contribution in [0.15, 0.2) is 29.4 Å². The van der Waals surface area contributed by atoms with E-state index < -0.39 is 0 Å². The fraction of sp³-hybridized carbons (Fsp3) is 0.182. The smallest absolute Gasteiger partial charge is 0.203 e. The number of hydrazone groups is 1. The Morgan fingerprint density at radius 2 is 2.13 bits per heavy atom. The van der Waals surface area contributed by atoms with Gasteiger partial charge in [0, 0.05) is 17.9 Å². The first-order chi connectivity index (χ1) is 7.28. The lowest BCUT2D eigenvalue weighted by molar-refractivity contribution is -0.519. The van der Waals surface area contributed by atoms with Gasteiger partial charge in [-0.15, -0.1) is 0 Å². The maximum Gasteiger partial charge on any atom is 0.203 e. The molecular weight excluding hydrogens is 190 g/mol. The Hall–Kier alpha value is -2.15. The number of nitriles is 1. The second kappa shape index (κ2) is 3.93. The molecule has 0 saturated carbocycles. The van der Waals surface area contributed by atoms with E-state index in [2.05, 4.69) is 5.10 Å². The van der Waals surface area contributed by atoms with Crippen molar-refractivity contribution in [3.05, 3.63) is 35.4 Å². The van der Waals surface area contributed by atoms with Crippen molar-refractivity contribution in [2.24, 2.45) is 5.10 Å². The first-order valence-electron chi connectivity index (χ1n) is 4.64. The maximum absolute atomic E-state index is 10.9. The topological polar surface area (TPSA) is 62.2 Å². The van der Waals surface area contributed by atoms with Gasteiger partial charge < -0.3 is 5.11 Å². The molecule has 4 nitrogen and oxygen atoms in total. The average Bonchev–Trinajstić information content (AvgIpc) is 2.65. The van der Waals surface area contributed by atoms with Gasteiger partial charge in [0.15, 0.2) is 6.54 Å². The van der Waals surface area contributed by atoms with Gasteiger partial charge in [-0.05, 0) is 29.4 Å². The second-order valence-electron chi connectivity index (χ2n) is 3.27. The van der Waals surface area contributed by atoms with Crippen molar-refractivity contribution in [1.29, 1.82) is 5.26 Å². The van der Waals surface area contributed by atoms with E-state index in [1.54, 1.807) is 23.0 Å². The molecule has 0 bridgehead atoms. The van der Waals surface area contributed by atoms with E-state index in [9.17, 15) is 5.11 Å². The molecule has 0 N–H and O–H groups in total. The van der Waals surface area contributed by atoms with Crippen LogP contribution in [-0.4, -0.2) is 23.3 Å². The van der Waals surface area contributed by atoms with Crippen LogP contribution in [0.4, 0.5) is 0 Å². The summed E-state index contributed by atoms with van der Waals surface area (Å²) >= 11 is 0. The molecule has 0 atom stereocenters. The first-order valence-corrected chi connectivity index (χ1v) is 4.64. The lowest BCUT2D eigenvalue weighted by Gasteiger charge is -1.91. The molecule has 1 aromatic carbocycles. The van der Waals surface area contributed by atoms with E-state index in [0.717, 1.165) is 5.56 Å².